The maximum absolute atomic E-state index is 12.2. The average Bonchev–Trinajstić information content (AvgIpc) is 3.10. The fourth-order valence-corrected chi connectivity index (χ4v) is 4.53. The predicted molar refractivity (Wildman–Crippen MR) is 104 cm³/mol. The monoisotopic (exact) mass is 380 g/mol. The van der Waals surface area contributed by atoms with Gasteiger partial charge in [-0.1, -0.05) is 17.7 Å². The molecule has 7 heteroatoms. The van der Waals surface area contributed by atoms with Crippen LogP contribution < -0.4 is 10.6 Å². The van der Waals surface area contributed by atoms with Crippen molar-refractivity contribution in [3.63, 3.8) is 0 Å². The second-order valence-electron chi connectivity index (χ2n) is 5.59. The number of thiocarbonyl (C=S) groups is 1. The lowest BCUT2D eigenvalue weighted by Crippen LogP contribution is -2.20. The molecule has 0 saturated heterocycles. The molecule has 1 heterocycles. The van der Waals surface area contributed by atoms with E-state index in [-0.39, 0.29) is 5.97 Å². The maximum atomic E-state index is 12.2. The van der Waals surface area contributed by atoms with E-state index < -0.39 is 0 Å². The number of fused-ring (bicyclic) bond motifs is 1. The molecule has 3 rings (SSSR count). The Balaban J connectivity index is 1.82. The van der Waals surface area contributed by atoms with E-state index in [4.69, 9.17) is 28.6 Å². The number of anilines is 2. The van der Waals surface area contributed by atoms with Gasteiger partial charge in [-0.15, -0.1) is 11.3 Å². The van der Waals surface area contributed by atoms with Crippen LogP contribution in [0, 0.1) is 6.92 Å². The van der Waals surface area contributed by atoms with E-state index in [2.05, 4.69) is 10.6 Å². The largest absolute Gasteiger partial charge is 0.465 e. The topological polar surface area (TPSA) is 50.4 Å². The smallest absolute Gasteiger partial charge is 0.341 e. The van der Waals surface area contributed by atoms with Crippen molar-refractivity contribution in [1.82, 2.24) is 0 Å². The van der Waals surface area contributed by atoms with Gasteiger partial charge in [-0.3, -0.25) is 0 Å². The fraction of sp³-hybridized carbons (Fsp3) is 0.294. The number of hydrogen-bond donors (Lipinski definition) is 2. The number of rotatable bonds is 3. The second kappa shape index (κ2) is 7.09. The molecule has 0 fully saturated rings. The lowest BCUT2D eigenvalue weighted by atomic mass is 10.1. The number of carbonyl (C=O) groups excluding carboxylic acids is 1. The van der Waals surface area contributed by atoms with Crippen molar-refractivity contribution in [2.24, 2.45) is 0 Å². The van der Waals surface area contributed by atoms with E-state index in [0.29, 0.717) is 15.7 Å². The van der Waals surface area contributed by atoms with Gasteiger partial charge in [0.05, 0.1) is 12.7 Å². The lowest BCUT2D eigenvalue weighted by molar-refractivity contribution is 0.0601. The van der Waals surface area contributed by atoms with E-state index in [1.807, 2.05) is 25.1 Å². The molecule has 1 aliphatic rings. The SMILES string of the molecule is COC(=O)c1c(NC(=S)Nc2cc(Cl)ccc2C)sc2c1CCC2. The van der Waals surface area contributed by atoms with Crippen molar-refractivity contribution in [3.8, 4) is 0 Å². The van der Waals surface area contributed by atoms with Crippen molar-refractivity contribution in [1.29, 1.82) is 0 Å². The van der Waals surface area contributed by atoms with Gasteiger partial charge < -0.3 is 15.4 Å². The van der Waals surface area contributed by atoms with E-state index >= 15 is 0 Å². The van der Waals surface area contributed by atoms with Crippen LogP contribution in [0.2, 0.25) is 5.02 Å². The highest BCUT2D eigenvalue weighted by Crippen LogP contribution is 2.39. The molecule has 1 aromatic heterocycles. The Bertz CT molecular complexity index is 817. The molecule has 1 aliphatic carbocycles. The van der Waals surface area contributed by atoms with Gasteiger partial charge >= 0.3 is 5.97 Å². The molecule has 0 unspecified atom stereocenters. The first-order chi connectivity index (χ1) is 11.5. The average molecular weight is 381 g/mol. The van der Waals surface area contributed by atoms with Crippen molar-refractivity contribution in [2.75, 3.05) is 17.7 Å². The summed E-state index contributed by atoms with van der Waals surface area (Å²) < 4.78 is 4.94. The number of aryl methyl sites for hydroxylation is 2. The van der Waals surface area contributed by atoms with Gasteiger partial charge in [-0.2, -0.15) is 0 Å². The molecule has 1 aromatic carbocycles. The van der Waals surface area contributed by atoms with E-state index in [1.54, 1.807) is 11.3 Å². The molecule has 4 nitrogen and oxygen atoms in total. The number of hydrogen-bond acceptors (Lipinski definition) is 4. The molecule has 0 atom stereocenters. The van der Waals surface area contributed by atoms with Crippen molar-refractivity contribution in [3.05, 3.63) is 44.8 Å². The van der Waals surface area contributed by atoms with E-state index in [9.17, 15) is 4.79 Å². The van der Waals surface area contributed by atoms with E-state index in [1.165, 1.54) is 12.0 Å². The third-order valence-electron chi connectivity index (χ3n) is 3.99. The maximum Gasteiger partial charge on any atom is 0.341 e. The summed E-state index contributed by atoms with van der Waals surface area (Å²) in [6, 6.07) is 5.57. The van der Waals surface area contributed by atoms with E-state index in [0.717, 1.165) is 41.1 Å². The van der Waals surface area contributed by atoms with Crippen LogP contribution in [0.15, 0.2) is 18.2 Å². The summed E-state index contributed by atoms with van der Waals surface area (Å²) in [6.45, 7) is 1.97. The molecule has 0 amide bonds. The van der Waals surface area contributed by atoms with Gasteiger partial charge in [0.1, 0.15) is 5.00 Å². The van der Waals surface area contributed by atoms with Crippen LogP contribution in [0.5, 0.6) is 0 Å². The molecule has 2 aromatic rings. The summed E-state index contributed by atoms with van der Waals surface area (Å²) in [5, 5.41) is 8.08. The Morgan fingerprint density at radius 3 is 2.88 bits per heavy atom. The molecule has 24 heavy (non-hydrogen) atoms. The summed E-state index contributed by atoms with van der Waals surface area (Å²) in [5.41, 5.74) is 3.58. The van der Waals surface area contributed by atoms with Gasteiger partial charge in [-0.05, 0) is 61.7 Å². The highest BCUT2D eigenvalue weighted by Gasteiger charge is 2.27. The fourth-order valence-electron chi connectivity index (χ4n) is 2.80. The molecular weight excluding hydrogens is 364 g/mol. The number of halogens is 1. The Labute approximate surface area is 155 Å². The molecular formula is C17H17ClN2O2S2. The first kappa shape index (κ1) is 17.2. The summed E-state index contributed by atoms with van der Waals surface area (Å²) in [4.78, 5) is 13.4. The summed E-state index contributed by atoms with van der Waals surface area (Å²) in [6.07, 6.45) is 2.99. The number of thiophene rings is 1. The standard InChI is InChI=1S/C17H17ClN2O2S2/c1-9-6-7-10(18)8-12(9)19-17(23)20-15-14(16(21)22-2)11-4-3-5-13(11)24-15/h6-8H,3-5H2,1-2H3,(H2,19,20,23). The zero-order chi connectivity index (χ0) is 17.3. The Morgan fingerprint density at radius 2 is 2.12 bits per heavy atom. The molecule has 0 saturated carbocycles. The normalized spacial score (nSPS) is 12.6. The van der Waals surface area contributed by atoms with Gasteiger partial charge in [-0.25, -0.2) is 4.79 Å². The van der Waals surface area contributed by atoms with Crippen LogP contribution in [0.3, 0.4) is 0 Å². The molecule has 126 valence electrons. The highest BCUT2D eigenvalue weighted by molar-refractivity contribution is 7.80. The number of carbonyl (C=O) groups is 1. The number of benzene rings is 1. The Hall–Kier alpha value is -1.63. The molecule has 0 bridgehead atoms. The minimum Gasteiger partial charge on any atom is -0.465 e. The van der Waals surface area contributed by atoms with Crippen LogP contribution in [0.1, 0.15) is 32.8 Å². The molecule has 0 radical (unpaired) electrons. The summed E-state index contributed by atoms with van der Waals surface area (Å²) in [5.74, 6) is -0.321. The lowest BCUT2D eigenvalue weighted by Gasteiger charge is -2.13. The molecule has 0 aliphatic heterocycles. The summed E-state index contributed by atoms with van der Waals surface area (Å²) in [7, 11) is 1.40. The highest BCUT2D eigenvalue weighted by atomic mass is 35.5. The van der Waals surface area contributed by atoms with Gasteiger partial charge in [0.15, 0.2) is 5.11 Å². The van der Waals surface area contributed by atoms with Crippen molar-refractivity contribution >= 4 is 56.9 Å². The van der Waals surface area contributed by atoms with Crippen LogP contribution in [-0.2, 0) is 17.6 Å². The quantitative estimate of drug-likeness (QED) is 0.592. The molecule has 2 N–H and O–H groups in total. The first-order valence-corrected chi connectivity index (χ1v) is 9.17. The number of nitrogens with one attached hydrogen (secondary N) is 2. The van der Waals surface area contributed by atoms with Gasteiger partial charge in [0, 0.05) is 15.6 Å². The molecule has 0 spiro atoms. The zero-order valence-corrected chi connectivity index (χ0v) is 15.8. The van der Waals surface area contributed by atoms with Crippen LogP contribution in [0.25, 0.3) is 0 Å². The van der Waals surface area contributed by atoms with Crippen molar-refractivity contribution < 1.29 is 9.53 Å². The van der Waals surface area contributed by atoms with Gasteiger partial charge in [0.2, 0.25) is 0 Å². The minimum atomic E-state index is -0.321. The zero-order valence-electron chi connectivity index (χ0n) is 13.4. The third-order valence-corrected chi connectivity index (χ3v) is 5.63. The second-order valence-corrected chi connectivity index (χ2v) is 7.54. The minimum absolute atomic E-state index is 0.321. The first-order valence-electron chi connectivity index (χ1n) is 7.56. The Morgan fingerprint density at radius 1 is 1.33 bits per heavy atom. The predicted octanol–water partition coefficient (Wildman–Crippen LogP) is 4.79. The number of methoxy groups -OCH3 is 1. The van der Waals surface area contributed by atoms with Crippen molar-refractivity contribution in [2.45, 2.75) is 26.2 Å². The van der Waals surface area contributed by atoms with Crippen LogP contribution in [0.4, 0.5) is 10.7 Å². The van der Waals surface area contributed by atoms with Crippen LogP contribution in [-0.4, -0.2) is 18.2 Å². The van der Waals surface area contributed by atoms with Crippen LogP contribution >= 0.6 is 35.2 Å². The number of esters is 1. The Kier molecular flexibility index (Phi) is 5.08. The third kappa shape index (κ3) is 3.41. The summed E-state index contributed by atoms with van der Waals surface area (Å²) >= 11 is 13.0. The number of ether oxygens (including phenoxy) is 1. The van der Waals surface area contributed by atoms with Gasteiger partial charge in [0.25, 0.3) is 0 Å².